The van der Waals surface area contributed by atoms with Crippen LogP contribution in [0.2, 0.25) is 0 Å². The quantitative estimate of drug-likeness (QED) is 0.593. The largest absolute Gasteiger partial charge is 0.478 e. The van der Waals surface area contributed by atoms with Gasteiger partial charge in [0.15, 0.2) is 0 Å². The number of rotatable bonds is 7. The van der Waals surface area contributed by atoms with Gasteiger partial charge in [0.25, 0.3) is 0 Å². The van der Waals surface area contributed by atoms with Crippen LogP contribution in [-0.2, 0) is 4.79 Å². The van der Waals surface area contributed by atoms with Gasteiger partial charge in [0, 0.05) is 25.2 Å². The van der Waals surface area contributed by atoms with Crippen LogP contribution >= 0.6 is 0 Å². The zero-order valence-electron chi connectivity index (χ0n) is 11.6. The summed E-state index contributed by atoms with van der Waals surface area (Å²) in [6, 6.07) is 1.48. The number of carboxylic acid groups (broad SMARTS) is 1. The number of hydrogen-bond acceptors (Lipinski definition) is 5. The van der Waals surface area contributed by atoms with Crippen LogP contribution in [0.5, 0.6) is 0 Å². The Kier molecular flexibility index (Phi) is 5.76. The molecule has 0 saturated carbocycles. The first-order chi connectivity index (χ1) is 9.43. The van der Waals surface area contributed by atoms with E-state index >= 15 is 0 Å². The van der Waals surface area contributed by atoms with E-state index in [0.29, 0.717) is 18.8 Å². The van der Waals surface area contributed by atoms with Crippen molar-refractivity contribution in [3.05, 3.63) is 17.8 Å². The van der Waals surface area contributed by atoms with E-state index in [1.54, 1.807) is 0 Å². The Labute approximate surface area is 117 Å². The summed E-state index contributed by atoms with van der Waals surface area (Å²) in [5, 5.41) is 14.5. The minimum absolute atomic E-state index is 0.0302. The third kappa shape index (κ3) is 4.75. The van der Waals surface area contributed by atoms with Crippen molar-refractivity contribution < 1.29 is 14.7 Å². The molecule has 0 aliphatic carbocycles. The molecule has 1 heterocycles. The first-order valence-electron chi connectivity index (χ1n) is 6.46. The molecule has 1 aromatic rings. The topological polar surface area (TPSA) is 117 Å². The van der Waals surface area contributed by atoms with E-state index in [-0.39, 0.29) is 23.2 Å². The maximum Gasteiger partial charge on any atom is 0.337 e. The van der Waals surface area contributed by atoms with Crippen LogP contribution < -0.4 is 16.4 Å². The molecule has 110 valence electrons. The van der Waals surface area contributed by atoms with Crippen LogP contribution in [0, 0.1) is 0 Å². The van der Waals surface area contributed by atoms with Crippen LogP contribution in [0.25, 0.3) is 0 Å². The second-order valence-electron chi connectivity index (χ2n) is 4.52. The molecule has 0 radical (unpaired) electrons. The van der Waals surface area contributed by atoms with Crippen LogP contribution in [0.15, 0.2) is 12.3 Å². The van der Waals surface area contributed by atoms with Gasteiger partial charge in [-0.05, 0) is 19.4 Å². The summed E-state index contributed by atoms with van der Waals surface area (Å²) in [5.41, 5.74) is 5.96. The van der Waals surface area contributed by atoms with E-state index in [1.165, 1.54) is 12.3 Å². The van der Waals surface area contributed by atoms with Crippen molar-refractivity contribution in [1.29, 1.82) is 0 Å². The number of nitrogens with one attached hydrogen (secondary N) is 2. The standard InChI is InChI=1S/C13H20N4O3/c1-3-8(2)17-11(18)4-5-15-12-10(14)6-9(7-16-12)13(19)20/h6-8H,3-5,14H2,1-2H3,(H,15,16)(H,17,18)(H,19,20). The van der Waals surface area contributed by atoms with Crippen molar-refractivity contribution >= 4 is 23.4 Å². The van der Waals surface area contributed by atoms with Crippen molar-refractivity contribution in [2.24, 2.45) is 0 Å². The van der Waals surface area contributed by atoms with Crippen LogP contribution in [0.1, 0.15) is 37.0 Å². The minimum atomic E-state index is -1.08. The van der Waals surface area contributed by atoms with Gasteiger partial charge >= 0.3 is 5.97 Å². The van der Waals surface area contributed by atoms with E-state index < -0.39 is 5.97 Å². The van der Waals surface area contributed by atoms with Crippen molar-refractivity contribution in [3.8, 4) is 0 Å². The molecular formula is C13H20N4O3. The molecule has 0 saturated heterocycles. The number of aromatic nitrogens is 1. The summed E-state index contributed by atoms with van der Waals surface area (Å²) in [7, 11) is 0. The predicted octanol–water partition coefficient (Wildman–Crippen LogP) is 1.08. The van der Waals surface area contributed by atoms with Gasteiger partial charge in [-0.25, -0.2) is 9.78 Å². The van der Waals surface area contributed by atoms with Gasteiger partial charge in [-0.3, -0.25) is 4.79 Å². The summed E-state index contributed by atoms with van der Waals surface area (Å²) in [5.74, 6) is -0.748. The first kappa shape index (κ1) is 15.7. The molecule has 0 aliphatic heterocycles. The third-order valence-corrected chi connectivity index (χ3v) is 2.83. The Morgan fingerprint density at radius 1 is 1.50 bits per heavy atom. The molecule has 0 aliphatic rings. The highest BCUT2D eigenvalue weighted by Crippen LogP contribution is 2.16. The number of nitrogens with zero attached hydrogens (tertiary/aromatic N) is 1. The summed E-state index contributed by atoms with van der Waals surface area (Å²) in [6.07, 6.45) is 2.40. The second-order valence-corrected chi connectivity index (χ2v) is 4.52. The molecule has 1 atom stereocenters. The predicted molar refractivity (Wildman–Crippen MR) is 76.6 cm³/mol. The molecule has 0 bridgehead atoms. The van der Waals surface area contributed by atoms with E-state index in [2.05, 4.69) is 15.6 Å². The van der Waals surface area contributed by atoms with E-state index in [1.807, 2.05) is 13.8 Å². The Morgan fingerprint density at radius 2 is 2.20 bits per heavy atom. The second kappa shape index (κ2) is 7.32. The molecule has 0 aromatic carbocycles. The smallest absolute Gasteiger partial charge is 0.337 e. The van der Waals surface area contributed by atoms with Crippen LogP contribution in [0.3, 0.4) is 0 Å². The highest BCUT2D eigenvalue weighted by atomic mass is 16.4. The normalized spacial score (nSPS) is 11.7. The molecule has 20 heavy (non-hydrogen) atoms. The van der Waals surface area contributed by atoms with E-state index in [4.69, 9.17) is 10.8 Å². The molecule has 1 amide bonds. The number of amides is 1. The third-order valence-electron chi connectivity index (χ3n) is 2.83. The highest BCUT2D eigenvalue weighted by molar-refractivity contribution is 5.89. The minimum Gasteiger partial charge on any atom is -0.478 e. The number of hydrogen-bond donors (Lipinski definition) is 4. The average molecular weight is 280 g/mol. The average Bonchev–Trinajstić information content (AvgIpc) is 2.40. The fourth-order valence-corrected chi connectivity index (χ4v) is 1.49. The Balaban J connectivity index is 2.46. The van der Waals surface area contributed by atoms with E-state index in [0.717, 1.165) is 6.42 Å². The maximum atomic E-state index is 11.6. The number of aromatic carboxylic acids is 1. The molecule has 0 spiro atoms. The summed E-state index contributed by atoms with van der Waals surface area (Å²) in [6.45, 7) is 4.32. The number of anilines is 2. The molecule has 7 nitrogen and oxygen atoms in total. The summed E-state index contributed by atoms with van der Waals surface area (Å²) < 4.78 is 0. The Morgan fingerprint density at radius 3 is 2.75 bits per heavy atom. The highest BCUT2D eigenvalue weighted by Gasteiger charge is 2.09. The molecule has 7 heteroatoms. The Hall–Kier alpha value is -2.31. The number of pyridine rings is 1. The lowest BCUT2D eigenvalue weighted by atomic mass is 10.2. The van der Waals surface area contributed by atoms with E-state index in [9.17, 15) is 9.59 Å². The van der Waals surface area contributed by atoms with Crippen molar-refractivity contribution in [3.63, 3.8) is 0 Å². The molecule has 1 rings (SSSR count). The van der Waals surface area contributed by atoms with Gasteiger partial charge < -0.3 is 21.5 Å². The lowest BCUT2D eigenvalue weighted by molar-refractivity contribution is -0.121. The number of carbonyl (C=O) groups excluding carboxylic acids is 1. The number of nitrogens with two attached hydrogens (primary N) is 1. The van der Waals surface area contributed by atoms with Gasteiger partial charge in [-0.1, -0.05) is 6.92 Å². The van der Waals surface area contributed by atoms with Gasteiger partial charge in [0.1, 0.15) is 5.82 Å². The van der Waals surface area contributed by atoms with Crippen molar-refractivity contribution in [2.75, 3.05) is 17.6 Å². The van der Waals surface area contributed by atoms with Gasteiger partial charge in [-0.15, -0.1) is 0 Å². The maximum absolute atomic E-state index is 11.6. The molecular weight excluding hydrogens is 260 g/mol. The molecule has 0 fully saturated rings. The van der Waals surface area contributed by atoms with Gasteiger partial charge in [0.05, 0.1) is 11.3 Å². The van der Waals surface area contributed by atoms with Gasteiger partial charge in [-0.2, -0.15) is 0 Å². The molecule has 1 aromatic heterocycles. The van der Waals surface area contributed by atoms with Crippen LogP contribution in [0.4, 0.5) is 11.5 Å². The lowest BCUT2D eigenvalue weighted by Crippen LogP contribution is -2.33. The summed E-state index contributed by atoms with van der Waals surface area (Å²) in [4.78, 5) is 26.2. The monoisotopic (exact) mass is 280 g/mol. The van der Waals surface area contributed by atoms with Gasteiger partial charge in [0.2, 0.25) is 5.91 Å². The first-order valence-corrected chi connectivity index (χ1v) is 6.46. The summed E-state index contributed by atoms with van der Waals surface area (Å²) >= 11 is 0. The number of nitrogen functional groups attached to an aromatic ring is 1. The SMILES string of the molecule is CCC(C)NC(=O)CCNc1ncc(C(=O)O)cc1N. The fraction of sp³-hybridized carbons (Fsp3) is 0.462. The van der Waals surface area contributed by atoms with Crippen molar-refractivity contribution in [1.82, 2.24) is 10.3 Å². The lowest BCUT2D eigenvalue weighted by Gasteiger charge is -2.12. The molecule has 1 unspecified atom stereocenters. The zero-order chi connectivity index (χ0) is 15.1. The Bertz CT molecular complexity index is 491. The van der Waals surface area contributed by atoms with Crippen LogP contribution in [-0.4, -0.2) is 34.6 Å². The fourth-order valence-electron chi connectivity index (χ4n) is 1.49. The van der Waals surface area contributed by atoms with Crippen molar-refractivity contribution in [2.45, 2.75) is 32.7 Å². The zero-order valence-corrected chi connectivity index (χ0v) is 11.6. The number of carbonyl (C=O) groups is 2. The number of carboxylic acids is 1. The molecule has 5 N–H and O–H groups in total.